The third kappa shape index (κ3) is 3.17. The van der Waals surface area contributed by atoms with Crippen LogP contribution in [0.4, 0.5) is 0 Å². The van der Waals surface area contributed by atoms with Crippen LogP contribution in [0, 0.1) is 0 Å². The lowest BCUT2D eigenvalue weighted by Gasteiger charge is -2.24. The van der Waals surface area contributed by atoms with E-state index in [1.165, 1.54) is 13.1 Å². The number of fused-ring (bicyclic) bond motifs is 1. The maximum absolute atomic E-state index is 10.9. The molecule has 2 saturated heterocycles. The van der Waals surface area contributed by atoms with Gasteiger partial charge >= 0.3 is 5.97 Å². The summed E-state index contributed by atoms with van der Waals surface area (Å²) in [5.41, 5.74) is 5.29. The van der Waals surface area contributed by atoms with E-state index in [1.54, 1.807) is 6.20 Å². The minimum absolute atomic E-state index is 0.139. The van der Waals surface area contributed by atoms with E-state index >= 15 is 0 Å². The largest absolute Gasteiger partial charge is 0.463 e. The molecule has 2 aliphatic heterocycles. The zero-order chi connectivity index (χ0) is 14.0. The fourth-order valence-electron chi connectivity index (χ4n) is 2.30. The van der Waals surface area contributed by atoms with E-state index in [4.69, 9.17) is 24.7 Å². The predicted molar refractivity (Wildman–Crippen MR) is 65.6 cm³/mol. The molecule has 1 unspecified atom stereocenters. The van der Waals surface area contributed by atoms with Gasteiger partial charge in [-0.2, -0.15) is 0 Å². The van der Waals surface area contributed by atoms with E-state index in [9.17, 15) is 4.79 Å². The second-order valence-electron chi connectivity index (χ2n) is 4.99. The van der Waals surface area contributed by atoms with Crippen molar-refractivity contribution in [2.75, 3.05) is 6.61 Å². The first-order valence-corrected chi connectivity index (χ1v) is 6.20. The van der Waals surface area contributed by atoms with Crippen molar-refractivity contribution in [2.24, 2.45) is 5.73 Å². The zero-order valence-electron chi connectivity index (χ0n) is 11.3. The van der Waals surface area contributed by atoms with Gasteiger partial charge < -0.3 is 30.0 Å². The van der Waals surface area contributed by atoms with Crippen LogP contribution in [0.5, 0.6) is 0 Å². The van der Waals surface area contributed by atoms with Crippen molar-refractivity contribution in [3.63, 3.8) is 0 Å². The van der Waals surface area contributed by atoms with Gasteiger partial charge in [0, 0.05) is 19.3 Å². The van der Waals surface area contributed by atoms with Crippen molar-refractivity contribution in [2.45, 2.75) is 51.1 Å². The molecular weight excluding hydrogens is 252 g/mol. The number of carbonyl (C=O) groups excluding carboxylic acids is 1. The highest BCUT2D eigenvalue weighted by molar-refractivity contribution is 5.65. The maximum Gasteiger partial charge on any atom is 0.302 e. The third-order valence-electron chi connectivity index (χ3n) is 2.96. The highest BCUT2D eigenvalue weighted by atomic mass is 16.8. The predicted octanol–water partition coefficient (Wildman–Crippen LogP) is -0.186. The Morgan fingerprint density at radius 1 is 1.42 bits per heavy atom. The van der Waals surface area contributed by atoms with E-state index < -0.39 is 5.79 Å². The van der Waals surface area contributed by atoms with Crippen LogP contribution in [0.15, 0.2) is 12.4 Å². The van der Waals surface area contributed by atoms with Crippen molar-refractivity contribution in [1.82, 2.24) is 5.32 Å². The zero-order valence-corrected chi connectivity index (χ0v) is 11.3. The molecule has 0 radical (unpaired) electrons. The second kappa shape index (κ2) is 5.36. The van der Waals surface area contributed by atoms with Crippen molar-refractivity contribution >= 4 is 5.97 Å². The minimum Gasteiger partial charge on any atom is -0.463 e. The van der Waals surface area contributed by atoms with Crippen LogP contribution in [0.25, 0.3) is 0 Å². The Morgan fingerprint density at radius 2 is 2.11 bits per heavy atom. The molecule has 0 aromatic heterocycles. The summed E-state index contributed by atoms with van der Waals surface area (Å²) in [6.45, 7) is 5.17. The van der Waals surface area contributed by atoms with Gasteiger partial charge in [0.1, 0.15) is 24.9 Å². The Morgan fingerprint density at radius 3 is 2.74 bits per heavy atom. The number of esters is 1. The van der Waals surface area contributed by atoms with Crippen molar-refractivity contribution < 1.29 is 23.7 Å². The van der Waals surface area contributed by atoms with Crippen molar-refractivity contribution in [1.29, 1.82) is 0 Å². The van der Waals surface area contributed by atoms with Gasteiger partial charge in [-0.1, -0.05) is 0 Å². The fourth-order valence-corrected chi connectivity index (χ4v) is 2.30. The topological polar surface area (TPSA) is 92.0 Å². The lowest BCUT2D eigenvalue weighted by Crippen LogP contribution is -2.38. The molecule has 0 saturated carbocycles. The second-order valence-corrected chi connectivity index (χ2v) is 4.99. The van der Waals surface area contributed by atoms with Crippen LogP contribution >= 0.6 is 0 Å². The van der Waals surface area contributed by atoms with Crippen molar-refractivity contribution in [3.05, 3.63) is 12.4 Å². The lowest BCUT2D eigenvalue weighted by atomic mass is 10.1. The molecule has 7 heteroatoms. The highest BCUT2D eigenvalue weighted by Crippen LogP contribution is 2.37. The van der Waals surface area contributed by atoms with Crippen LogP contribution in [0.1, 0.15) is 20.8 Å². The highest BCUT2D eigenvalue weighted by Gasteiger charge is 2.55. The van der Waals surface area contributed by atoms with Crippen LogP contribution in [0.3, 0.4) is 0 Å². The van der Waals surface area contributed by atoms with E-state index in [-0.39, 0.29) is 37.1 Å². The van der Waals surface area contributed by atoms with Gasteiger partial charge in [-0.05, 0) is 13.8 Å². The third-order valence-corrected chi connectivity index (χ3v) is 2.96. The summed E-state index contributed by atoms with van der Waals surface area (Å²) in [4.78, 5) is 10.9. The Kier molecular flexibility index (Phi) is 3.98. The molecule has 19 heavy (non-hydrogen) atoms. The first-order valence-electron chi connectivity index (χ1n) is 6.20. The number of hydrogen-bond acceptors (Lipinski definition) is 7. The standard InChI is InChI=1S/C12H20N2O5/c1-7(15)16-6-8-9-10(19-12(2,3)18-9)11(17-8)14-5-4-13/h4-5,8-11,14H,6,13H2,1-3H3/b5-4-/t8-,9-,10-,11?/m1/s1. The summed E-state index contributed by atoms with van der Waals surface area (Å²) in [6.07, 6.45) is 1.65. The van der Waals surface area contributed by atoms with Gasteiger partial charge in [0.2, 0.25) is 0 Å². The molecule has 108 valence electrons. The van der Waals surface area contributed by atoms with Gasteiger partial charge in [0.15, 0.2) is 12.0 Å². The summed E-state index contributed by atoms with van der Waals surface area (Å²) in [6, 6.07) is 0. The van der Waals surface area contributed by atoms with Gasteiger partial charge in [-0.15, -0.1) is 0 Å². The van der Waals surface area contributed by atoms with E-state index in [0.717, 1.165) is 0 Å². The minimum atomic E-state index is -0.681. The molecule has 0 spiro atoms. The fraction of sp³-hybridized carbons (Fsp3) is 0.750. The Bertz CT molecular complexity index is 371. The molecule has 7 nitrogen and oxygen atoms in total. The Labute approximate surface area is 112 Å². The van der Waals surface area contributed by atoms with E-state index in [0.29, 0.717) is 0 Å². The van der Waals surface area contributed by atoms with Gasteiger partial charge in [-0.25, -0.2) is 0 Å². The number of nitrogens with one attached hydrogen (secondary N) is 1. The number of rotatable bonds is 4. The first-order chi connectivity index (χ1) is 8.93. The van der Waals surface area contributed by atoms with E-state index in [1.807, 2.05) is 13.8 Å². The molecule has 0 aromatic rings. The molecule has 2 heterocycles. The summed E-state index contributed by atoms with van der Waals surface area (Å²) in [5, 5.41) is 2.98. The van der Waals surface area contributed by atoms with Crippen LogP contribution in [-0.4, -0.2) is 42.9 Å². The number of ether oxygens (including phenoxy) is 4. The van der Waals surface area contributed by atoms with Crippen LogP contribution < -0.4 is 11.1 Å². The molecule has 4 atom stereocenters. The molecule has 2 rings (SSSR count). The molecule has 2 aliphatic rings. The molecule has 0 aromatic carbocycles. The molecule has 0 bridgehead atoms. The molecule has 2 fully saturated rings. The molecular formula is C12H20N2O5. The van der Waals surface area contributed by atoms with Crippen LogP contribution in [0.2, 0.25) is 0 Å². The quantitative estimate of drug-likeness (QED) is 0.685. The smallest absolute Gasteiger partial charge is 0.302 e. The lowest BCUT2D eigenvalue weighted by molar-refractivity contribution is -0.194. The van der Waals surface area contributed by atoms with Crippen molar-refractivity contribution in [3.8, 4) is 0 Å². The first kappa shape index (κ1) is 14.1. The summed E-state index contributed by atoms with van der Waals surface area (Å²) < 4.78 is 22.3. The SMILES string of the molecule is CC(=O)OC[C@H]1OC(N/C=C\N)[C@@H]2OC(C)(C)O[C@H]12. The summed E-state index contributed by atoms with van der Waals surface area (Å²) >= 11 is 0. The van der Waals surface area contributed by atoms with Gasteiger partial charge in [-0.3, -0.25) is 4.79 Å². The number of carbonyl (C=O) groups is 1. The summed E-state index contributed by atoms with van der Waals surface area (Å²) in [7, 11) is 0. The normalized spacial score (nSPS) is 36.4. The molecule has 3 N–H and O–H groups in total. The Balaban J connectivity index is 2.03. The van der Waals surface area contributed by atoms with Crippen LogP contribution in [-0.2, 0) is 23.7 Å². The average Bonchev–Trinajstić information content (AvgIpc) is 2.78. The van der Waals surface area contributed by atoms with Gasteiger partial charge in [0.25, 0.3) is 0 Å². The monoisotopic (exact) mass is 272 g/mol. The maximum atomic E-state index is 10.9. The average molecular weight is 272 g/mol. The van der Waals surface area contributed by atoms with Gasteiger partial charge in [0.05, 0.1) is 0 Å². The number of nitrogens with two attached hydrogens (primary N) is 1. The summed E-state index contributed by atoms with van der Waals surface area (Å²) in [5.74, 6) is -1.03. The molecule has 0 aliphatic carbocycles. The number of hydrogen-bond donors (Lipinski definition) is 2. The molecule has 0 amide bonds. The Hall–Kier alpha value is -1.31. The van der Waals surface area contributed by atoms with E-state index in [2.05, 4.69) is 5.32 Å².